The third-order valence-electron chi connectivity index (χ3n) is 2.12. The molecule has 0 unspecified atom stereocenters. The van der Waals surface area contributed by atoms with Crippen molar-refractivity contribution < 1.29 is 9.53 Å². The van der Waals surface area contributed by atoms with E-state index < -0.39 is 0 Å². The van der Waals surface area contributed by atoms with E-state index in [1.807, 2.05) is 13.0 Å². The molecule has 0 aromatic carbocycles. The zero-order valence-electron chi connectivity index (χ0n) is 9.95. The second kappa shape index (κ2) is 5.59. The fraction of sp³-hybridized carbons (Fsp3) is 0.167. The number of ether oxygens (including phenoxy) is 1. The summed E-state index contributed by atoms with van der Waals surface area (Å²) in [5, 5.41) is 1.26. The monoisotopic (exact) mass is 261 g/mol. The first-order valence-electron chi connectivity index (χ1n) is 5.21. The van der Waals surface area contributed by atoms with Gasteiger partial charge < -0.3 is 4.74 Å². The summed E-state index contributed by atoms with van der Waals surface area (Å²) in [4.78, 5) is 23.9. The van der Waals surface area contributed by atoms with Crippen molar-refractivity contribution in [2.75, 3.05) is 7.11 Å². The molecule has 0 aliphatic carbocycles. The maximum atomic E-state index is 11.4. The van der Waals surface area contributed by atoms with E-state index in [9.17, 15) is 4.79 Å². The normalized spacial score (nSPS) is 10.1. The topological polar surface area (TPSA) is 65.0 Å². The smallest absolute Gasteiger partial charge is 0.337 e. The molecule has 0 aliphatic rings. The fourth-order valence-corrected chi connectivity index (χ4v) is 2.07. The second-order valence-corrected chi connectivity index (χ2v) is 4.44. The van der Waals surface area contributed by atoms with E-state index in [-0.39, 0.29) is 5.97 Å². The number of carbonyl (C=O) groups excluding carboxylic acids is 1. The molecule has 0 N–H and O–H groups in total. The van der Waals surface area contributed by atoms with Gasteiger partial charge in [0.25, 0.3) is 0 Å². The molecule has 0 fully saturated rings. The van der Waals surface area contributed by atoms with Gasteiger partial charge in [-0.3, -0.25) is 0 Å². The lowest BCUT2D eigenvalue weighted by Crippen LogP contribution is -2.01. The van der Waals surface area contributed by atoms with Crippen LogP contribution in [0.2, 0.25) is 0 Å². The van der Waals surface area contributed by atoms with Crippen LogP contribution in [0.25, 0.3) is 0 Å². The molecular weight excluding hydrogens is 250 g/mol. The Hall–Kier alpha value is -1.95. The van der Waals surface area contributed by atoms with Crippen LogP contribution in [0.4, 0.5) is 0 Å². The summed E-state index contributed by atoms with van der Waals surface area (Å²) in [6, 6.07) is 5.08. The van der Waals surface area contributed by atoms with Crippen molar-refractivity contribution in [2.45, 2.75) is 17.1 Å². The van der Waals surface area contributed by atoms with Crippen molar-refractivity contribution in [3.05, 3.63) is 41.9 Å². The number of rotatable bonds is 3. The summed E-state index contributed by atoms with van der Waals surface area (Å²) >= 11 is 1.30. The minimum absolute atomic E-state index is 0.385. The van der Waals surface area contributed by atoms with E-state index in [0.717, 1.165) is 5.69 Å². The molecule has 0 bridgehead atoms. The van der Waals surface area contributed by atoms with Crippen LogP contribution in [-0.2, 0) is 4.74 Å². The molecule has 5 nitrogen and oxygen atoms in total. The van der Waals surface area contributed by atoms with Crippen molar-refractivity contribution >= 4 is 17.7 Å². The van der Waals surface area contributed by atoms with Gasteiger partial charge in [-0.1, -0.05) is 0 Å². The van der Waals surface area contributed by atoms with Crippen LogP contribution in [-0.4, -0.2) is 28.0 Å². The van der Waals surface area contributed by atoms with Gasteiger partial charge in [0.2, 0.25) is 0 Å². The van der Waals surface area contributed by atoms with Crippen molar-refractivity contribution in [1.29, 1.82) is 0 Å². The third-order valence-corrected chi connectivity index (χ3v) is 2.94. The first-order chi connectivity index (χ1) is 8.69. The highest BCUT2D eigenvalue weighted by molar-refractivity contribution is 7.99. The maximum absolute atomic E-state index is 11.4. The van der Waals surface area contributed by atoms with Crippen molar-refractivity contribution in [3.63, 3.8) is 0 Å². The molecule has 0 spiro atoms. The highest BCUT2D eigenvalue weighted by Crippen LogP contribution is 2.23. The Balaban J connectivity index is 2.22. The average Bonchev–Trinajstić information content (AvgIpc) is 2.38. The molecule has 0 amide bonds. The molecule has 2 aromatic rings. The predicted octanol–water partition coefficient (Wildman–Crippen LogP) is 2.12. The van der Waals surface area contributed by atoms with E-state index >= 15 is 0 Å². The molecule has 2 aromatic heterocycles. The number of pyridine rings is 1. The van der Waals surface area contributed by atoms with Crippen LogP contribution >= 0.6 is 11.8 Å². The van der Waals surface area contributed by atoms with E-state index in [2.05, 4.69) is 19.7 Å². The zero-order chi connectivity index (χ0) is 13.0. The minimum Gasteiger partial charge on any atom is -0.465 e. The van der Waals surface area contributed by atoms with E-state index in [0.29, 0.717) is 15.7 Å². The molecule has 0 saturated carbocycles. The van der Waals surface area contributed by atoms with Gasteiger partial charge in [-0.15, -0.1) is 0 Å². The quantitative estimate of drug-likeness (QED) is 0.623. The van der Waals surface area contributed by atoms with Crippen LogP contribution in [0.15, 0.2) is 40.8 Å². The number of carbonyl (C=O) groups is 1. The Morgan fingerprint density at radius 2 is 2.06 bits per heavy atom. The molecule has 92 valence electrons. The van der Waals surface area contributed by atoms with E-state index in [4.69, 9.17) is 0 Å². The SMILES string of the molecule is COC(=O)c1ccnc(Sc2nccc(C)n2)c1. The molecule has 2 heterocycles. The van der Waals surface area contributed by atoms with Crippen LogP contribution in [0.1, 0.15) is 16.1 Å². The van der Waals surface area contributed by atoms with E-state index in [1.165, 1.54) is 18.9 Å². The number of aryl methyl sites for hydroxylation is 1. The van der Waals surface area contributed by atoms with Crippen molar-refractivity contribution in [2.24, 2.45) is 0 Å². The molecule has 2 rings (SSSR count). The first-order valence-corrected chi connectivity index (χ1v) is 6.02. The molecule has 0 atom stereocenters. The van der Waals surface area contributed by atoms with Gasteiger partial charge >= 0.3 is 5.97 Å². The van der Waals surface area contributed by atoms with Crippen LogP contribution in [0.3, 0.4) is 0 Å². The van der Waals surface area contributed by atoms with Gasteiger partial charge in [0.15, 0.2) is 5.16 Å². The zero-order valence-corrected chi connectivity index (χ0v) is 10.8. The number of esters is 1. The van der Waals surface area contributed by atoms with Gasteiger partial charge in [-0.05, 0) is 36.9 Å². The lowest BCUT2D eigenvalue weighted by atomic mass is 10.3. The number of methoxy groups -OCH3 is 1. The van der Waals surface area contributed by atoms with Crippen molar-refractivity contribution in [3.8, 4) is 0 Å². The largest absolute Gasteiger partial charge is 0.465 e. The Morgan fingerprint density at radius 3 is 2.78 bits per heavy atom. The highest BCUT2D eigenvalue weighted by Gasteiger charge is 2.08. The number of nitrogens with zero attached hydrogens (tertiary/aromatic N) is 3. The summed E-state index contributed by atoms with van der Waals surface area (Å²) < 4.78 is 4.65. The first kappa shape index (κ1) is 12.5. The lowest BCUT2D eigenvalue weighted by molar-refractivity contribution is 0.0600. The number of hydrogen-bond acceptors (Lipinski definition) is 6. The fourth-order valence-electron chi connectivity index (χ4n) is 1.28. The van der Waals surface area contributed by atoms with Gasteiger partial charge in [0.1, 0.15) is 5.03 Å². The Bertz CT molecular complexity index is 575. The van der Waals surface area contributed by atoms with Gasteiger partial charge in [0, 0.05) is 18.1 Å². The summed E-state index contributed by atoms with van der Waals surface area (Å²) in [5.41, 5.74) is 1.35. The molecule has 0 radical (unpaired) electrons. The second-order valence-electron chi connectivity index (χ2n) is 3.46. The molecule has 0 aliphatic heterocycles. The van der Waals surface area contributed by atoms with E-state index in [1.54, 1.807) is 24.5 Å². The Labute approximate surface area is 109 Å². The van der Waals surface area contributed by atoms with Gasteiger partial charge in [-0.2, -0.15) is 0 Å². The maximum Gasteiger partial charge on any atom is 0.337 e. The number of hydrogen-bond donors (Lipinski definition) is 0. The molecule has 6 heteroatoms. The molecular formula is C12H11N3O2S. The minimum atomic E-state index is -0.385. The standard InChI is InChI=1S/C12H11N3O2S/c1-8-3-5-14-12(15-8)18-10-7-9(4-6-13-10)11(16)17-2/h3-7H,1-2H3. The molecule has 18 heavy (non-hydrogen) atoms. The Kier molecular flexibility index (Phi) is 3.88. The summed E-state index contributed by atoms with van der Waals surface area (Å²) in [6.07, 6.45) is 3.25. The molecule has 0 saturated heterocycles. The summed E-state index contributed by atoms with van der Waals surface area (Å²) in [5.74, 6) is -0.385. The average molecular weight is 261 g/mol. The van der Waals surface area contributed by atoms with Gasteiger partial charge in [-0.25, -0.2) is 19.7 Å². The summed E-state index contributed by atoms with van der Waals surface area (Å²) in [7, 11) is 1.35. The highest BCUT2D eigenvalue weighted by atomic mass is 32.2. The van der Waals surface area contributed by atoms with Crippen LogP contribution < -0.4 is 0 Å². The van der Waals surface area contributed by atoms with Crippen LogP contribution in [0, 0.1) is 6.92 Å². The predicted molar refractivity (Wildman–Crippen MR) is 66.5 cm³/mol. The van der Waals surface area contributed by atoms with Gasteiger partial charge in [0.05, 0.1) is 12.7 Å². The van der Waals surface area contributed by atoms with Crippen LogP contribution in [0.5, 0.6) is 0 Å². The number of aromatic nitrogens is 3. The summed E-state index contributed by atoms with van der Waals surface area (Å²) in [6.45, 7) is 1.89. The lowest BCUT2D eigenvalue weighted by Gasteiger charge is -2.02. The Morgan fingerprint density at radius 1 is 1.28 bits per heavy atom. The third kappa shape index (κ3) is 3.04. The van der Waals surface area contributed by atoms with Crippen molar-refractivity contribution in [1.82, 2.24) is 15.0 Å².